The van der Waals surface area contributed by atoms with Crippen LogP contribution in [-0.4, -0.2) is 55.6 Å². The van der Waals surface area contributed by atoms with Gasteiger partial charge in [-0.15, -0.1) is 0 Å². The summed E-state index contributed by atoms with van der Waals surface area (Å²) in [4.78, 5) is 21.5. The van der Waals surface area contributed by atoms with E-state index in [1.807, 2.05) is 54.9 Å². The van der Waals surface area contributed by atoms with Crippen molar-refractivity contribution in [2.75, 3.05) is 50.1 Å². The van der Waals surface area contributed by atoms with Crippen molar-refractivity contribution in [2.24, 2.45) is 0 Å². The van der Waals surface area contributed by atoms with E-state index in [-0.39, 0.29) is 5.91 Å². The van der Waals surface area contributed by atoms with E-state index in [1.165, 1.54) is 5.56 Å². The van der Waals surface area contributed by atoms with E-state index in [0.717, 1.165) is 61.8 Å². The Labute approximate surface area is 195 Å². The molecule has 3 aromatic rings. The summed E-state index contributed by atoms with van der Waals surface area (Å²) in [6.07, 6.45) is 8.09. The Hall–Kier alpha value is -3.64. The van der Waals surface area contributed by atoms with Crippen molar-refractivity contribution in [1.82, 2.24) is 9.88 Å². The Morgan fingerprint density at radius 1 is 1.03 bits per heavy atom. The molecule has 1 fully saturated rings. The van der Waals surface area contributed by atoms with Crippen LogP contribution >= 0.6 is 0 Å². The minimum Gasteiger partial charge on any atom is -0.497 e. The third kappa shape index (κ3) is 6.43. The Bertz CT molecular complexity index is 1080. The molecule has 1 N–H and O–H groups in total. The van der Waals surface area contributed by atoms with Crippen molar-refractivity contribution >= 4 is 23.4 Å². The first kappa shape index (κ1) is 22.6. The Balaban J connectivity index is 1.33. The number of hydrogen-bond donors (Lipinski definition) is 1. The SMILES string of the molecule is COc1cccc(/C=C/C(=O)Nc2ccccc2N2CCN(CCc3ccncc3)CC2)c1. The molecule has 4 rings (SSSR count). The fourth-order valence-corrected chi connectivity index (χ4v) is 4.00. The van der Waals surface area contributed by atoms with Crippen LogP contribution < -0.4 is 15.0 Å². The van der Waals surface area contributed by atoms with Gasteiger partial charge in [0.1, 0.15) is 5.75 Å². The molecule has 0 saturated carbocycles. The molecule has 0 atom stereocenters. The van der Waals surface area contributed by atoms with Crippen LogP contribution in [0.25, 0.3) is 6.08 Å². The third-order valence-corrected chi connectivity index (χ3v) is 5.86. The molecular weight excluding hydrogens is 412 g/mol. The highest BCUT2D eigenvalue weighted by Gasteiger charge is 2.19. The molecule has 0 spiro atoms. The summed E-state index contributed by atoms with van der Waals surface area (Å²) in [5.74, 6) is 0.615. The number of hydrogen-bond acceptors (Lipinski definition) is 5. The van der Waals surface area contributed by atoms with Gasteiger partial charge in [-0.05, 0) is 60.0 Å². The van der Waals surface area contributed by atoms with E-state index in [9.17, 15) is 4.79 Å². The highest BCUT2D eigenvalue weighted by Crippen LogP contribution is 2.27. The van der Waals surface area contributed by atoms with Crippen LogP contribution in [0.3, 0.4) is 0 Å². The molecule has 1 saturated heterocycles. The summed E-state index contributed by atoms with van der Waals surface area (Å²) in [5, 5.41) is 3.05. The zero-order chi connectivity index (χ0) is 22.9. The van der Waals surface area contributed by atoms with E-state index >= 15 is 0 Å². The summed E-state index contributed by atoms with van der Waals surface area (Å²) >= 11 is 0. The van der Waals surface area contributed by atoms with Crippen LogP contribution in [0.1, 0.15) is 11.1 Å². The number of rotatable bonds is 8. The second kappa shape index (κ2) is 11.3. The number of benzene rings is 2. The summed E-state index contributed by atoms with van der Waals surface area (Å²) in [6, 6.07) is 19.8. The molecule has 0 bridgehead atoms. The molecule has 6 heteroatoms. The van der Waals surface area contributed by atoms with Gasteiger partial charge in [-0.1, -0.05) is 24.3 Å². The summed E-state index contributed by atoms with van der Waals surface area (Å²) in [6.45, 7) is 4.92. The molecule has 0 unspecified atom stereocenters. The number of amides is 1. The van der Waals surface area contributed by atoms with Crippen LogP contribution in [0.2, 0.25) is 0 Å². The topological polar surface area (TPSA) is 57.7 Å². The number of methoxy groups -OCH3 is 1. The van der Waals surface area contributed by atoms with E-state index in [4.69, 9.17) is 4.74 Å². The highest BCUT2D eigenvalue weighted by molar-refractivity contribution is 6.03. The number of nitrogens with one attached hydrogen (secondary N) is 1. The predicted molar refractivity (Wildman–Crippen MR) is 134 cm³/mol. The van der Waals surface area contributed by atoms with Gasteiger partial charge in [-0.2, -0.15) is 0 Å². The van der Waals surface area contributed by atoms with Crippen LogP contribution in [0.4, 0.5) is 11.4 Å². The van der Waals surface area contributed by atoms with Gasteiger partial charge in [0.25, 0.3) is 0 Å². The standard InChI is InChI=1S/C27H30N4O2/c1-33-24-6-4-5-23(21-24)9-10-27(32)29-25-7-2-3-8-26(25)31-19-17-30(18-20-31)16-13-22-11-14-28-15-12-22/h2-12,14-15,21H,13,16-20H2,1H3,(H,29,32)/b10-9+. The highest BCUT2D eigenvalue weighted by atomic mass is 16.5. The number of anilines is 2. The Kier molecular flexibility index (Phi) is 7.72. The zero-order valence-electron chi connectivity index (χ0n) is 19.0. The zero-order valence-corrected chi connectivity index (χ0v) is 19.0. The number of pyridine rings is 1. The summed E-state index contributed by atoms with van der Waals surface area (Å²) < 4.78 is 5.24. The summed E-state index contributed by atoms with van der Waals surface area (Å²) in [7, 11) is 1.63. The summed E-state index contributed by atoms with van der Waals surface area (Å²) in [5.41, 5.74) is 4.14. The lowest BCUT2D eigenvalue weighted by molar-refractivity contribution is -0.111. The third-order valence-electron chi connectivity index (χ3n) is 5.86. The second-order valence-electron chi connectivity index (χ2n) is 8.05. The first-order valence-corrected chi connectivity index (χ1v) is 11.3. The molecule has 1 amide bonds. The number of para-hydroxylation sites is 2. The molecule has 0 aliphatic carbocycles. The maximum absolute atomic E-state index is 12.6. The van der Waals surface area contributed by atoms with Crippen molar-refractivity contribution in [1.29, 1.82) is 0 Å². The Morgan fingerprint density at radius 3 is 2.61 bits per heavy atom. The van der Waals surface area contributed by atoms with Crippen molar-refractivity contribution in [3.05, 3.63) is 90.3 Å². The van der Waals surface area contributed by atoms with E-state index in [1.54, 1.807) is 19.3 Å². The van der Waals surface area contributed by atoms with Crippen LogP contribution in [0.15, 0.2) is 79.1 Å². The van der Waals surface area contributed by atoms with Crippen LogP contribution in [0.5, 0.6) is 5.75 Å². The molecule has 1 aliphatic rings. The number of nitrogens with zero attached hydrogens (tertiary/aromatic N) is 3. The van der Waals surface area contributed by atoms with Crippen molar-refractivity contribution in [3.8, 4) is 5.75 Å². The van der Waals surface area contributed by atoms with E-state index < -0.39 is 0 Å². The largest absolute Gasteiger partial charge is 0.497 e. The first-order valence-electron chi connectivity index (χ1n) is 11.3. The lowest BCUT2D eigenvalue weighted by Crippen LogP contribution is -2.47. The van der Waals surface area contributed by atoms with Gasteiger partial charge in [0.15, 0.2) is 0 Å². The quantitative estimate of drug-likeness (QED) is 0.532. The normalized spacial score (nSPS) is 14.4. The lowest BCUT2D eigenvalue weighted by atomic mass is 10.1. The van der Waals surface area contributed by atoms with Gasteiger partial charge in [-0.25, -0.2) is 0 Å². The molecule has 2 aromatic carbocycles. The van der Waals surface area contributed by atoms with Crippen molar-refractivity contribution < 1.29 is 9.53 Å². The number of ether oxygens (including phenoxy) is 1. The van der Waals surface area contributed by atoms with Gasteiger partial charge in [0.05, 0.1) is 18.5 Å². The van der Waals surface area contributed by atoms with Gasteiger partial charge in [0.2, 0.25) is 5.91 Å². The Morgan fingerprint density at radius 2 is 1.82 bits per heavy atom. The smallest absolute Gasteiger partial charge is 0.248 e. The average Bonchev–Trinajstić information content (AvgIpc) is 2.88. The number of carbonyl (C=O) groups excluding carboxylic acids is 1. The molecular formula is C27H30N4O2. The molecule has 1 aromatic heterocycles. The fraction of sp³-hybridized carbons (Fsp3) is 0.259. The van der Waals surface area contributed by atoms with Gasteiger partial charge in [-0.3, -0.25) is 14.7 Å². The minimum absolute atomic E-state index is 0.152. The molecule has 2 heterocycles. The van der Waals surface area contributed by atoms with E-state index in [0.29, 0.717) is 0 Å². The average molecular weight is 443 g/mol. The van der Waals surface area contributed by atoms with Crippen molar-refractivity contribution in [2.45, 2.75) is 6.42 Å². The number of carbonyl (C=O) groups is 1. The monoisotopic (exact) mass is 442 g/mol. The van der Waals surface area contributed by atoms with Gasteiger partial charge < -0.3 is 15.0 Å². The van der Waals surface area contributed by atoms with E-state index in [2.05, 4.69) is 38.3 Å². The predicted octanol–water partition coefficient (Wildman–Crippen LogP) is 4.11. The molecule has 170 valence electrons. The molecule has 1 aliphatic heterocycles. The minimum atomic E-state index is -0.152. The van der Waals surface area contributed by atoms with Crippen LogP contribution in [-0.2, 0) is 11.2 Å². The molecule has 6 nitrogen and oxygen atoms in total. The molecule has 0 radical (unpaired) electrons. The maximum Gasteiger partial charge on any atom is 0.248 e. The van der Waals surface area contributed by atoms with Crippen molar-refractivity contribution in [3.63, 3.8) is 0 Å². The maximum atomic E-state index is 12.6. The number of piperazine rings is 1. The first-order chi connectivity index (χ1) is 16.2. The van der Waals surface area contributed by atoms with Gasteiger partial charge >= 0.3 is 0 Å². The molecule has 33 heavy (non-hydrogen) atoms. The fourth-order valence-electron chi connectivity index (χ4n) is 4.00. The second-order valence-corrected chi connectivity index (χ2v) is 8.05. The van der Waals surface area contributed by atoms with Gasteiger partial charge in [0, 0.05) is 51.2 Å². The van der Waals surface area contributed by atoms with Crippen LogP contribution in [0, 0.1) is 0 Å². The number of aromatic nitrogens is 1. The lowest BCUT2D eigenvalue weighted by Gasteiger charge is -2.37.